The van der Waals surface area contributed by atoms with Gasteiger partial charge in [0.1, 0.15) is 16.7 Å². The number of aryl methyl sites for hydroxylation is 1. The Bertz CT molecular complexity index is 660. The Kier molecular flexibility index (Phi) is 2.99. The van der Waals surface area contributed by atoms with Crippen molar-refractivity contribution >= 4 is 17.6 Å². The number of hydrazine groups is 1. The van der Waals surface area contributed by atoms with E-state index in [2.05, 4.69) is 25.6 Å². The van der Waals surface area contributed by atoms with Gasteiger partial charge in [-0.3, -0.25) is 4.57 Å². The minimum atomic E-state index is -0.173. The first kappa shape index (κ1) is 12.2. The lowest BCUT2D eigenvalue weighted by Gasteiger charge is -2.05. The fourth-order valence-corrected chi connectivity index (χ4v) is 2.73. The van der Waals surface area contributed by atoms with Crippen molar-refractivity contribution in [2.75, 3.05) is 5.43 Å². The van der Waals surface area contributed by atoms with Gasteiger partial charge in [-0.05, 0) is 31.5 Å². The third-order valence-electron chi connectivity index (χ3n) is 2.74. The van der Waals surface area contributed by atoms with Crippen LogP contribution in [0.5, 0.6) is 0 Å². The molecule has 2 aromatic heterocycles. The summed E-state index contributed by atoms with van der Waals surface area (Å²) in [5.74, 6) is 6.49. The van der Waals surface area contributed by atoms with E-state index < -0.39 is 0 Å². The minimum Gasteiger partial charge on any atom is -0.308 e. The Hall–Kier alpha value is -1.87. The SMILES string of the molecule is Cc1nc(NN)cc(Sc2n[nH]c(=O)n2C2CC2)n1. The molecule has 8 nitrogen and oxygen atoms in total. The number of nitrogen functional groups attached to an aromatic ring is 1. The van der Waals surface area contributed by atoms with Crippen molar-refractivity contribution < 1.29 is 0 Å². The summed E-state index contributed by atoms with van der Waals surface area (Å²) in [5.41, 5.74) is 2.31. The maximum atomic E-state index is 11.7. The van der Waals surface area contributed by atoms with E-state index >= 15 is 0 Å². The smallest absolute Gasteiger partial charge is 0.308 e. The molecule has 2 aromatic rings. The topological polar surface area (TPSA) is 115 Å². The predicted octanol–water partition coefficient (Wildman–Crippen LogP) is 0.442. The molecular formula is C10H13N7OS. The van der Waals surface area contributed by atoms with Crippen LogP contribution in [-0.4, -0.2) is 24.7 Å². The largest absolute Gasteiger partial charge is 0.344 e. The number of hydrogen-bond donors (Lipinski definition) is 3. The molecular weight excluding hydrogens is 266 g/mol. The summed E-state index contributed by atoms with van der Waals surface area (Å²) in [4.78, 5) is 20.1. The third kappa shape index (κ3) is 2.47. The first-order valence-electron chi connectivity index (χ1n) is 5.84. The van der Waals surface area contributed by atoms with Gasteiger partial charge >= 0.3 is 5.69 Å². The second-order valence-electron chi connectivity index (χ2n) is 4.30. The van der Waals surface area contributed by atoms with Gasteiger partial charge in [0, 0.05) is 12.1 Å². The number of aromatic amines is 1. The molecule has 19 heavy (non-hydrogen) atoms. The van der Waals surface area contributed by atoms with Crippen molar-refractivity contribution in [3.8, 4) is 0 Å². The summed E-state index contributed by atoms with van der Waals surface area (Å²) in [6, 6.07) is 1.98. The van der Waals surface area contributed by atoms with Gasteiger partial charge in [0.2, 0.25) is 0 Å². The Balaban J connectivity index is 1.93. The van der Waals surface area contributed by atoms with E-state index in [-0.39, 0.29) is 11.7 Å². The number of anilines is 1. The van der Waals surface area contributed by atoms with Gasteiger partial charge in [-0.1, -0.05) is 0 Å². The molecule has 0 amide bonds. The number of aromatic nitrogens is 5. The average Bonchev–Trinajstić information content (AvgIpc) is 3.14. The number of hydrogen-bond acceptors (Lipinski definition) is 7. The van der Waals surface area contributed by atoms with Crippen LogP contribution in [0.1, 0.15) is 24.7 Å². The van der Waals surface area contributed by atoms with E-state index in [1.165, 1.54) is 11.8 Å². The summed E-state index contributed by atoms with van der Waals surface area (Å²) in [7, 11) is 0. The molecule has 0 bridgehead atoms. The third-order valence-corrected chi connectivity index (χ3v) is 3.63. The maximum absolute atomic E-state index is 11.7. The fourth-order valence-electron chi connectivity index (χ4n) is 1.78. The molecule has 0 unspecified atom stereocenters. The van der Waals surface area contributed by atoms with Crippen molar-refractivity contribution in [1.29, 1.82) is 0 Å². The van der Waals surface area contributed by atoms with Gasteiger partial charge in [-0.25, -0.2) is 25.7 Å². The Morgan fingerprint density at radius 3 is 3.00 bits per heavy atom. The average molecular weight is 279 g/mol. The lowest BCUT2D eigenvalue weighted by Crippen LogP contribution is -2.16. The van der Waals surface area contributed by atoms with E-state index in [1.54, 1.807) is 17.6 Å². The summed E-state index contributed by atoms with van der Waals surface area (Å²) in [6.07, 6.45) is 2.04. The fraction of sp³-hybridized carbons (Fsp3) is 0.400. The molecule has 100 valence electrons. The number of H-pyrrole nitrogens is 1. The molecule has 4 N–H and O–H groups in total. The second-order valence-corrected chi connectivity index (χ2v) is 5.29. The maximum Gasteiger partial charge on any atom is 0.344 e. The zero-order chi connectivity index (χ0) is 13.4. The minimum absolute atomic E-state index is 0.173. The summed E-state index contributed by atoms with van der Waals surface area (Å²) < 4.78 is 1.68. The Labute approximate surface area is 112 Å². The lowest BCUT2D eigenvalue weighted by molar-refractivity contribution is 0.642. The van der Waals surface area contributed by atoms with Crippen LogP contribution in [0.25, 0.3) is 0 Å². The van der Waals surface area contributed by atoms with E-state index in [0.29, 0.717) is 21.8 Å². The monoisotopic (exact) mass is 279 g/mol. The lowest BCUT2D eigenvalue weighted by atomic mass is 10.5. The zero-order valence-corrected chi connectivity index (χ0v) is 11.1. The summed E-state index contributed by atoms with van der Waals surface area (Å²) in [5, 5.41) is 7.82. The number of nitrogens with zero attached hydrogens (tertiary/aromatic N) is 4. The van der Waals surface area contributed by atoms with Crippen molar-refractivity contribution in [3.63, 3.8) is 0 Å². The van der Waals surface area contributed by atoms with E-state index in [0.717, 1.165) is 12.8 Å². The van der Waals surface area contributed by atoms with Crippen LogP contribution in [0, 0.1) is 6.92 Å². The molecule has 1 fully saturated rings. The first-order valence-corrected chi connectivity index (χ1v) is 6.66. The van der Waals surface area contributed by atoms with Gasteiger partial charge < -0.3 is 5.43 Å². The zero-order valence-electron chi connectivity index (χ0n) is 10.3. The van der Waals surface area contributed by atoms with Crippen molar-refractivity contribution in [3.05, 3.63) is 22.4 Å². The summed E-state index contributed by atoms with van der Waals surface area (Å²) in [6.45, 7) is 1.78. The predicted molar refractivity (Wildman–Crippen MR) is 69.8 cm³/mol. The number of rotatable bonds is 4. The van der Waals surface area contributed by atoms with Gasteiger partial charge in [0.25, 0.3) is 0 Å². The first-order chi connectivity index (χ1) is 9.17. The van der Waals surface area contributed by atoms with Crippen LogP contribution in [0.3, 0.4) is 0 Å². The van der Waals surface area contributed by atoms with Crippen molar-refractivity contribution in [1.82, 2.24) is 24.7 Å². The molecule has 0 spiro atoms. The van der Waals surface area contributed by atoms with Crippen LogP contribution < -0.4 is 17.0 Å². The van der Waals surface area contributed by atoms with E-state index in [9.17, 15) is 4.79 Å². The molecule has 2 heterocycles. The van der Waals surface area contributed by atoms with Gasteiger partial charge in [-0.15, -0.1) is 5.10 Å². The Morgan fingerprint density at radius 2 is 2.32 bits per heavy atom. The number of nitrogens with one attached hydrogen (secondary N) is 2. The van der Waals surface area contributed by atoms with Gasteiger partial charge in [-0.2, -0.15) is 0 Å². The van der Waals surface area contributed by atoms with E-state index in [4.69, 9.17) is 5.84 Å². The van der Waals surface area contributed by atoms with Crippen LogP contribution in [0.15, 0.2) is 21.0 Å². The van der Waals surface area contributed by atoms with Gasteiger partial charge in [0.05, 0.1) is 0 Å². The molecule has 0 saturated heterocycles. The summed E-state index contributed by atoms with van der Waals surface area (Å²) >= 11 is 1.32. The van der Waals surface area contributed by atoms with Crippen LogP contribution in [-0.2, 0) is 0 Å². The highest BCUT2D eigenvalue weighted by atomic mass is 32.2. The molecule has 0 radical (unpaired) electrons. The molecule has 0 aliphatic heterocycles. The molecule has 1 saturated carbocycles. The number of nitrogens with two attached hydrogens (primary N) is 1. The molecule has 0 atom stereocenters. The normalized spacial score (nSPS) is 14.6. The van der Waals surface area contributed by atoms with Gasteiger partial charge in [0.15, 0.2) is 5.16 Å². The molecule has 0 aromatic carbocycles. The second kappa shape index (κ2) is 4.67. The van der Waals surface area contributed by atoms with E-state index in [1.807, 2.05) is 0 Å². The molecule has 1 aliphatic carbocycles. The molecule has 9 heteroatoms. The highest BCUT2D eigenvalue weighted by Gasteiger charge is 2.28. The van der Waals surface area contributed by atoms with Crippen molar-refractivity contribution in [2.24, 2.45) is 5.84 Å². The van der Waals surface area contributed by atoms with Crippen molar-refractivity contribution in [2.45, 2.75) is 36.0 Å². The Morgan fingerprint density at radius 1 is 1.53 bits per heavy atom. The molecule has 3 rings (SSSR count). The quantitative estimate of drug-likeness (QED) is 0.422. The highest BCUT2D eigenvalue weighted by Crippen LogP contribution is 2.37. The van der Waals surface area contributed by atoms with Crippen LogP contribution in [0.2, 0.25) is 0 Å². The van der Waals surface area contributed by atoms with Crippen LogP contribution in [0.4, 0.5) is 5.82 Å². The standard InChI is InChI=1S/C10H13N7OS/c1-5-12-7(14-11)4-8(13-5)19-10-16-15-9(18)17(10)6-2-3-6/h4,6H,2-3,11H2,1H3,(H,15,18)(H,12,13,14). The highest BCUT2D eigenvalue weighted by molar-refractivity contribution is 7.99. The van der Waals surface area contributed by atoms with Crippen LogP contribution >= 0.6 is 11.8 Å². The molecule has 1 aliphatic rings.